The van der Waals surface area contributed by atoms with Gasteiger partial charge in [-0.25, -0.2) is 8.42 Å². The van der Waals surface area contributed by atoms with Gasteiger partial charge in [0.05, 0.1) is 30.0 Å². The summed E-state index contributed by atoms with van der Waals surface area (Å²) in [6.07, 6.45) is 1.59. The molecule has 0 aliphatic carbocycles. The number of carbonyl (C=O) groups excluding carboxylic acids is 1. The number of ether oxygens (including phenoxy) is 1. The lowest BCUT2D eigenvalue weighted by Crippen LogP contribution is -2.34. The van der Waals surface area contributed by atoms with Crippen LogP contribution in [0.1, 0.15) is 22.2 Å². The highest BCUT2D eigenvalue weighted by Crippen LogP contribution is 2.30. The molecule has 0 radical (unpaired) electrons. The molecule has 1 N–H and O–H groups in total. The summed E-state index contributed by atoms with van der Waals surface area (Å²) >= 11 is 0. The SMILES string of the molecule is COc1ccccc1N(C)S(=O)(=O)c1ccc(C(=O)NCC(c2ccco2)N(C)C)cc1. The normalized spacial score (nSPS) is 12.4. The molecular weight excluding hydrogens is 430 g/mol. The van der Waals surface area contributed by atoms with Crippen molar-refractivity contribution in [2.45, 2.75) is 10.9 Å². The summed E-state index contributed by atoms with van der Waals surface area (Å²) in [5.74, 6) is 0.892. The van der Waals surface area contributed by atoms with E-state index in [4.69, 9.17) is 9.15 Å². The molecule has 0 fully saturated rings. The fourth-order valence-electron chi connectivity index (χ4n) is 3.27. The van der Waals surface area contributed by atoms with E-state index in [9.17, 15) is 13.2 Å². The molecule has 32 heavy (non-hydrogen) atoms. The van der Waals surface area contributed by atoms with Gasteiger partial charge in [0.25, 0.3) is 15.9 Å². The van der Waals surface area contributed by atoms with Gasteiger partial charge >= 0.3 is 0 Å². The molecular formula is C23H27N3O5S. The Balaban J connectivity index is 1.73. The number of likely N-dealkylation sites (N-methyl/N-ethyl adjacent to an activating group) is 1. The summed E-state index contributed by atoms with van der Waals surface area (Å²) in [5, 5.41) is 2.87. The van der Waals surface area contributed by atoms with Crippen molar-refractivity contribution in [2.24, 2.45) is 0 Å². The van der Waals surface area contributed by atoms with Gasteiger partial charge < -0.3 is 14.5 Å². The lowest BCUT2D eigenvalue weighted by atomic mass is 10.2. The Morgan fingerprint density at radius 2 is 1.72 bits per heavy atom. The standard InChI is InChI=1S/C23H27N3O5S/c1-25(2)20(22-10-7-15-31-22)16-24-23(27)17-11-13-18(14-12-17)32(28,29)26(3)19-8-5-6-9-21(19)30-4/h5-15,20H,16H2,1-4H3,(H,24,27). The number of hydrogen-bond acceptors (Lipinski definition) is 6. The van der Waals surface area contributed by atoms with E-state index in [2.05, 4.69) is 5.32 Å². The van der Waals surface area contributed by atoms with Crippen molar-refractivity contribution in [3.05, 3.63) is 78.3 Å². The van der Waals surface area contributed by atoms with E-state index in [1.54, 1.807) is 36.6 Å². The Kier molecular flexibility index (Phi) is 7.22. The van der Waals surface area contributed by atoms with Crippen LogP contribution in [0.2, 0.25) is 0 Å². The van der Waals surface area contributed by atoms with Gasteiger partial charge in [0.2, 0.25) is 0 Å². The quantitative estimate of drug-likeness (QED) is 0.531. The minimum absolute atomic E-state index is 0.0733. The Morgan fingerprint density at radius 3 is 2.31 bits per heavy atom. The van der Waals surface area contributed by atoms with Crippen LogP contribution in [0.5, 0.6) is 5.75 Å². The maximum atomic E-state index is 13.1. The van der Waals surface area contributed by atoms with Crippen molar-refractivity contribution in [3.8, 4) is 5.75 Å². The van der Waals surface area contributed by atoms with Gasteiger partial charge in [-0.15, -0.1) is 0 Å². The summed E-state index contributed by atoms with van der Waals surface area (Å²) in [5.41, 5.74) is 0.783. The Morgan fingerprint density at radius 1 is 1.03 bits per heavy atom. The summed E-state index contributed by atoms with van der Waals surface area (Å²) < 4.78 is 38.0. The van der Waals surface area contributed by atoms with Crippen molar-refractivity contribution in [2.75, 3.05) is 39.1 Å². The number of anilines is 1. The van der Waals surface area contributed by atoms with Crippen LogP contribution in [0.3, 0.4) is 0 Å². The number of rotatable bonds is 9. The Hall–Kier alpha value is -3.30. The lowest BCUT2D eigenvalue weighted by Gasteiger charge is -2.23. The van der Waals surface area contributed by atoms with Crippen LogP contribution in [0, 0.1) is 0 Å². The van der Waals surface area contributed by atoms with Gasteiger partial charge in [-0.2, -0.15) is 0 Å². The average molecular weight is 458 g/mol. The number of hydrogen-bond donors (Lipinski definition) is 1. The predicted octanol–water partition coefficient (Wildman–Crippen LogP) is 3.15. The molecule has 8 nitrogen and oxygen atoms in total. The van der Waals surface area contributed by atoms with Crippen LogP contribution in [0.15, 0.2) is 76.2 Å². The van der Waals surface area contributed by atoms with Gasteiger partial charge in [-0.1, -0.05) is 12.1 Å². The summed E-state index contributed by atoms with van der Waals surface area (Å²) in [6.45, 7) is 0.343. The number of carbonyl (C=O) groups is 1. The minimum atomic E-state index is -3.83. The molecule has 0 bridgehead atoms. The van der Waals surface area contributed by atoms with Crippen molar-refractivity contribution in [1.82, 2.24) is 10.2 Å². The number of nitrogens with zero attached hydrogens (tertiary/aromatic N) is 2. The van der Waals surface area contributed by atoms with E-state index in [1.807, 2.05) is 25.1 Å². The van der Waals surface area contributed by atoms with E-state index in [0.29, 0.717) is 23.5 Å². The van der Waals surface area contributed by atoms with Crippen LogP contribution < -0.4 is 14.4 Å². The van der Waals surface area contributed by atoms with E-state index >= 15 is 0 Å². The molecule has 3 aromatic rings. The maximum Gasteiger partial charge on any atom is 0.264 e. The summed E-state index contributed by atoms with van der Waals surface area (Å²) in [7, 11) is 2.92. The molecule has 1 heterocycles. The molecule has 1 atom stereocenters. The van der Waals surface area contributed by atoms with E-state index in [-0.39, 0.29) is 16.8 Å². The van der Waals surface area contributed by atoms with Crippen molar-refractivity contribution in [1.29, 1.82) is 0 Å². The highest BCUT2D eigenvalue weighted by molar-refractivity contribution is 7.92. The Bertz CT molecular complexity index is 1140. The fourth-order valence-corrected chi connectivity index (χ4v) is 4.47. The molecule has 1 aromatic heterocycles. The number of para-hydroxylation sites is 2. The van der Waals surface area contributed by atoms with Gasteiger partial charge in [0.1, 0.15) is 11.5 Å². The number of sulfonamides is 1. The molecule has 3 rings (SSSR count). The number of nitrogens with one attached hydrogen (secondary N) is 1. The van der Waals surface area contributed by atoms with Crippen LogP contribution in [0.4, 0.5) is 5.69 Å². The largest absolute Gasteiger partial charge is 0.495 e. The fraction of sp³-hybridized carbons (Fsp3) is 0.261. The molecule has 0 aliphatic heterocycles. The second-order valence-corrected chi connectivity index (χ2v) is 9.34. The lowest BCUT2D eigenvalue weighted by molar-refractivity contribution is 0.0939. The number of benzene rings is 2. The van der Waals surface area contributed by atoms with Crippen molar-refractivity contribution >= 4 is 21.6 Å². The molecule has 0 saturated carbocycles. The highest BCUT2D eigenvalue weighted by atomic mass is 32.2. The maximum absolute atomic E-state index is 13.1. The second-order valence-electron chi connectivity index (χ2n) is 7.37. The van der Waals surface area contributed by atoms with Crippen LogP contribution >= 0.6 is 0 Å². The zero-order valence-corrected chi connectivity index (χ0v) is 19.3. The third-order valence-electron chi connectivity index (χ3n) is 5.15. The molecule has 2 aromatic carbocycles. The first kappa shape index (κ1) is 23.4. The van der Waals surface area contributed by atoms with Crippen LogP contribution in [-0.2, 0) is 10.0 Å². The molecule has 0 aliphatic rings. The van der Waals surface area contributed by atoms with E-state index in [0.717, 1.165) is 10.1 Å². The van der Waals surface area contributed by atoms with Gasteiger partial charge in [0, 0.05) is 19.2 Å². The van der Waals surface area contributed by atoms with E-state index in [1.165, 1.54) is 38.4 Å². The van der Waals surface area contributed by atoms with Gasteiger partial charge in [-0.05, 0) is 62.6 Å². The number of amides is 1. The third-order valence-corrected chi connectivity index (χ3v) is 6.94. The summed E-state index contributed by atoms with van der Waals surface area (Å²) in [6, 6.07) is 16.2. The molecule has 0 spiro atoms. The van der Waals surface area contributed by atoms with Crippen molar-refractivity contribution < 1.29 is 22.4 Å². The predicted molar refractivity (Wildman–Crippen MR) is 122 cm³/mol. The van der Waals surface area contributed by atoms with Crippen LogP contribution in [-0.4, -0.2) is 54.0 Å². The molecule has 0 saturated heterocycles. The number of methoxy groups -OCH3 is 1. The zero-order valence-electron chi connectivity index (χ0n) is 18.5. The first-order chi connectivity index (χ1) is 15.3. The number of furan rings is 1. The molecule has 1 amide bonds. The topological polar surface area (TPSA) is 92.1 Å². The summed E-state index contributed by atoms with van der Waals surface area (Å²) in [4.78, 5) is 14.6. The Labute approximate surface area is 188 Å². The first-order valence-electron chi connectivity index (χ1n) is 9.95. The highest BCUT2D eigenvalue weighted by Gasteiger charge is 2.24. The second kappa shape index (κ2) is 9.88. The molecule has 170 valence electrons. The molecule has 1 unspecified atom stereocenters. The third kappa shape index (κ3) is 4.95. The van der Waals surface area contributed by atoms with Gasteiger partial charge in [-0.3, -0.25) is 14.0 Å². The van der Waals surface area contributed by atoms with Crippen molar-refractivity contribution in [3.63, 3.8) is 0 Å². The monoisotopic (exact) mass is 457 g/mol. The molecule has 9 heteroatoms. The van der Waals surface area contributed by atoms with E-state index < -0.39 is 10.0 Å². The smallest absolute Gasteiger partial charge is 0.264 e. The van der Waals surface area contributed by atoms with Gasteiger partial charge in [0.15, 0.2) is 0 Å². The minimum Gasteiger partial charge on any atom is -0.495 e. The first-order valence-corrected chi connectivity index (χ1v) is 11.4. The average Bonchev–Trinajstić information content (AvgIpc) is 3.32. The van der Waals surface area contributed by atoms with Crippen LogP contribution in [0.25, 0.3) is 0 Å². The zero-order chi connectivity index (χ0) is 23.3.